The van der Waals surface area contributed by atoms with E-state index in [1.165, 1.54) is 19.3 Å². The summed E-state index contributed by atoms with van der Waals surface area (Å²) < 4.78 is 0. The van der Waals surface area contributed by atoms with Crippen LogP contribution in [0.5, 0.6) is 0 Å². The maximum Gasteiger partial charge on any atom is 0.140 e. The first-order valence-corrected chi connectivity index (χ1v) is 7.06. The molecule has 0 spiro atoms. The summed E-state index contributed by atoms with van der Waals surface area (Å²) in [6, 6.07) is 8.60. The number of nitrogens with two attached hydrogens (primary N) is 1. The number of aromatic nitrogens is 2. The second-order valence-corrected chi connectivity index (χ2v) is 5.15. The largest absolute Gasteiger partial charge is 0.352 e. The van der Waals surface area contributed by atoms with Crippen LogP contribution >= 0.6 is 0 Å². The van der Waals surface area contributed by atoms with Crippen LogP contribution in [0, 0.1) is 0 Å². The number of hydrogen-bond acceptors (Lipinski definition) is 4. The molecule has 1 saturated heterocycles. The van der Waals surface area contributed by atoms with Gasteiger partial charge in [-0.1, -0.05) is 25.0 Å². The van der Waals surface area contributed by atoms with Crippen LogP contribution in [-0.4, -0.2) is 29.1 Å². The molecule has 0 radical (unpaired) electrons. The molecule has 1 aromatic carbocycles. The van der Waals surface area contributed by atoms with E-state index in [0.29, 0.717) is 12.6 Å². The fourth-order valence-electron chi connectivity index (χ4n) is 2.92. The van der Waals surface area contributed by atoms with Crippen molar-refractivity contribution >= 4 is 16.7 Å². The Hall–Kier alpha value is -1.68. The molecule has 1 aliphatic heterocycles. The molecule has 19 heavy (non-hydrogen) atoms. The minimum Gasteiger partial charge on any atom is -0.352 e. The van der Waals surface area contributed by atoms with Crippen LogP contribution in [0.25, 0.3) is 10.9 Å². The summed E-state index contributed by atoms with van der Waals surface area (Å²) in [7, 11) is 0. The summed E-state index contributed by atoms with van der Waals surface area (Å²) in [6.45, 7) is 1.74. The van der Waals surface area contributed by atoms with Gasteiger partial charge in [-0.15, -0.1) is 0 Å². The first-order chi connectivity index (χ1) is 9.40. The van der Waals surface area contributed by atoms with Gasteiger partial charge in [0.05, 0.1) is 5.52 Å². The number of hydrogen-bond donors (Lipinski definition) is 1. The molecule has 3 rings (SSSR count). The van der Waals surface area contributed by atoms with Crippen molar-refractivity contribution in [3.63, 3.8) is 0 Å². The maximum absolute atomic E-state index is 5.96. The van der Waals surface area contributed by atoms with Crippen LogP contribution in [0.2, 0.25) is 0 Å². The highest BCUT2D eigenvalue weighted by Crippen LogP contribution is 2.27. The van der Waals surface area contributed by atoms with Crippen LogP contribution in [0.1, 0.15) is 25.7 Å². The number of benzene rings is 1. The van der Waals surface area contributed by atoms with Gasteiger partial charge in [0, 0.05) is 24.5 Å². The van der Waals surface area contributed by atoms with E-state index in [9.17, 15) is 0 Å². The SMILES string of the molecule is NCC1CCCCCN1c1ncnc2ccccc12. The highest BCUT2D eigenvalue weighted by molar-refractivity contribution is 5.89. The lowest BCUT2D eigenvalue weighted by Gasteiger charge is -2.30. The second-order valence-electron chi connectivity index (χ2n) is 5.15. The maximum atomic E-state index is 5.96. The van der Waals surface area contributed by atoms with Crippen LogP contribution in [0.4, 0.5) is 5.82 Å². The summed E-state index contributed by atoms with van der Waals surface area (Å²) in [6.07, 6.45) is 6.59. The van der Waals surface area contributed by atoms with E-state index in [-0.39, 0.29) is 0 Å². The van der Waals surface area contributed by atoms with Gasteiger partial charge < -0.3 is 10.6 Å². The number of para-hydroxylation sites is 1. The Kier molecular flexibility index (Phi) is 3.60. The smallest absolute Gasteiger partial charge is 0.140 e. The first kappa shape index (κ1) is 12.4. The van der Waals surface area contributed by atoms with Gasteiger partial charge in [-0.25, -0.2) is 9.97 Å². The zero-order valence-electron chi connectivity index (χ0n) is 11.1. The highest BCUT2D eigenvalue weighted by atomic mass is 15.2. The molecule has 1 aromatic heterocycles. The lowest BCUT2D eigenvalue weighted by atomic mass is 10.1. The Labute approximate surface area is 113 Å². The van der Waals surface area contributed by atoms with Gasteiger partial charge in [0.2, 0.25) is 0 Å². The van der Waals surface area contributed by atoms with Crippen LogP contribution in [0.3, 0.4) is 0 Å². The van der Waals surface area contributed by atoms with Gasteiger partial charge in [-0.3, -0.25) is 0 Å². The second kappa shape index (κ2) is 5.53. The number of rotatable bonds is 2. The molecule has 1 atom stereocenters. The fourth-order valence-corrected chi connectivity index (χ4v) is 2.92. The lowest BCUT2D eigenvalue weighted by molar-refractivity contribution is 0.577. The molecule has 100 valence electrons. The Morgan fingerprint density at radius 3 is 2.95 bits per heavy atom. The number of fused-ring (bicyclic) bond motifs is 1. The third-order valence-corrected chi connectivity index (χ3v) is 3.94. The summed E-state index contributed by atoms with van der Waals surface area (Å²) in [5, 5.41) is 1.13. The van der Waals surface area contributed by atoms with Crippen molar-refractivity contribution in [3.05, 3.63) is 30.6 Å². The first-order valence-electron chi connectivity index (χ1n) is 7.06. The molecule has 0 aliphatic carbocycles. The average molecular weight is 256 g/mol. The highest BCUT2D eigenvalue weighted by Gasteiger charge is 2.22. The van der Waals surface area contributed by atoms with Gasteiger partial charge in [-0.05, 0) is 25.0 Å². The Morgan fingerprint density at radius 2 is 2.05 bits per heavy atom. The van der Waals surface area contributed by atoms with E-state index in [1.807, 2.05) is 18.2 Å². The van der Waals surface area contributed by atoms with Crippen molar-refractivity contribution in [1.29, 1.82) is 0 Å². The number of nitrogens with zero attached hydrogens (tertiary/aromatic N) is 3. The zero-order chi connectivity index (χ0) is 13.1. The standard InChI is InChI=1S/C15H20N4/c16-10-12-6-2-1-5-9-19(12)15-13-7-3-4-8-14(13)17-11-18-15/h3-4,7-8,11-12H,1-2,5-6,9-10,16H2. The Bertz CT molecular complexity index is 549. The predicted molar refractivity (Wildman–Crippen MR) is 78.2 cm³/mol. The van der Waals surface area contributed by atoms with Crippen LogP contribution in [0.15, 0.2) is 30.6 Å². The molecule has 2 aromatic rings. The van der Waals surface area contributed by atoms with E-state index in [4.69, 9.17) is 5.73 Å². The zero-order valence-corrected chi connectivity index (χ0v) is 11.1. The van der Waals surface area contributed by atoms with E-state index in [1.54, 1.807) is 6.33 Å². The van der Waals surface area contributed by atoms with E-state index >= 15 is 0 Å². The molecular weight excluding hydrogens is 236 g/mol. The molecule has 1 aliphatic rings. The van der Waals surface area contributed by atoms with E-state index in [0.717, 1.165) is 29.7 Å². The molecule has 1 unspecified atom stereocenters. The van der Waals surface area contributed by atoms with Crippen LogP contribution < -0.4 is 10.6 Å². The van der Waals surface area contributed by atoms with Gasteiger partial charge in [0.25, 0.3) is 0 Å². The average Bonchev–Trinajstić information content (AvgIpc) is 2.71. The number of anilines is 1. The molecule has 2 heterocycles. The summed E-state index contributed by atoms with van der Waals surface area (Å²) in [4.78, 5) is 11.3. The predicted octanol–water partition coefficient (Wildman–Crippen LogP) is 2.34. The third-order valence-electron chi connectivity index (χ3n) is 3.94. The monoisotopic (exact) mass is 256 g/mol. The van der Waals surface area contributed by atoms with E-state index < -0.39 is 0 Å². The topological polar surface area (TPSA) is 55.0 Å². The van der Waals surface area contributed by atoms with E-state index in [2.05, 4.69) is 20.9 Å². The quantitative estimate of drug-likeness (QED) is 0.896. The molecule has 0 amide bonds. The molecular formula is C15H20N4. The van der Waals surface area contributed by atoms with Crippen LogP contribution in [-0.2, 0) is 0 Å². The van der Waals surface area contributed by atoms with Crippen molar-refractivity contribution in [1.82, 2.24) is 9.97 Å². The van der Waals surface area contributed by atoms with Crippen molar-refractivity contribution in [2.24, 2.45) is 5.73 Å². The van der Waals surface area contributed by atoms with Crippen molar-refractivity contribution in [2.75, 3.05) is 18.0 Å². The molecule has 0 saturated carbocycles. The summed E-state index contributed by atoms with van der Waals surface area (Å²) >= 11 is 0. The summed E-state index contributed by atoms with van der Waals surface area (Å²) in [5.41, 5.74) is 6.97. The molecule has 4 nitrogen and oxygen atoms in total. The van der Waals surface area contributed by atoms with Gasteiger partial charge in [0.15, 0.2) is 0 Å². The Balaban J connectivity index is 2.06. The normalized spacial score (nSPS) is 20.5. The third kappa shape index (κ3) is 2.40. The molecule has 2 N–H and O–H groups in total. The van der Waals surface area contributed by atoms with Gasteiger partial charge in [-0.2, -0.15) is 0 Å². The lowest BCUT2D eigenvalue weighted by Crippen LogP contribution is -2.40. The molecule has 4 heteroatoms. The van der Waals surface area contributed by atoms with Crippen molar-refractivity contribution in [3.8, 4) is 0 Å². The van der Waals surface area contributed by atoms with Gasteiger partial charge in [0.1, 0.15) is 12.1 Å². The minimum absolute atomic E-state index is 0.404. The van der Waals surface area contributed by atoms with Crippen molar-refractivity contribution in [2.45, 2.75) is 31.7 Å². The van der Waals surface area contributed by atoms with Gasteiger partial charge >= 0.3 is 0 Å². The summed E-state index contributed by atoms with van der Waals surface area (Å²) in [5.74, 6) is 1.04. The molecule has 0 bridgehead atoms. The van der Waals surface area contributed by atoms with Crippen molar-refractivity contribution < 1.29 is 0 Å². The fraction of sp³-hybridized carbons (Fsp3) is 0.467. The minimum atomic E-state index is 0.404. The Morgan fingerprint density at radius 1 is 1.16 bits per heavy atom. The molecule has 1 fully saturated rings.